The third-order valence-corrected chi connectivity index (χ3v) is 2.70. The van der Waals surface area contributed by atoms with Crippen LogP contribution in [0.15, 0.2) is 18.2 Å². The van der Waals surface area contributed by atoms with E-state index in [1.165, 1.54) is 0 Å². The molecule has 0 aliphatic heterocycles. The first-order valence-electron chi connectivity index (χ1n) is 5.50. The molecule has 0 saturated carbocycles. The van der Waals surface area contributed by atoms with Crippen molar-refractivity contribution in [3.05, 3.63) is 34.9 Å². The molecule has 4 heteroatoms. The molecule has 0 fully saturated rings. The molecule has 1 atom stereocenters. The van der Waals surface area contributed by atoms with Crippen molar-refractivity contribution in [3.8, 4) is 0 Å². The third kappa shape index (κ3) is 3.31. The first-order chi connectivity index (χ1) is 7.93. The Bertz CT molecular complexity index is 420. The van der Waals surface area contributed by atoms with Crippen LogP contribution in [0, 0.1) is 19.8 Å². The summed E-state index contributed by atoms with van der Waals surface area (Å²) in [6.07, 6.45) is 0. The van der Waals surface area contributed by atoms with Gasteiger partial charge in [0.25, 0.3) is 5.91 Å². The van der Waals surface area contributed by atoms with Gasteiger partial charge in [0.2, 0.25) is 0 Å². The number of aryl methyl sites for hydroxylation is 2. The second-order valence-electron chi connectivity index (χ2n) is 4.22. The van der Waals surface area contributed by atoms with E-state index in [0.717, 1.165) is 11.1 Å². The van der Waals surface area contributed by atoms with E-state index in [1.807, 2.05) is 32.0 Å². The first kappa shape index (κ1) is 13.2. The lowest BCUT2D eigenvalue weighted by Gasteiger charge is -2.12. The quantitative estimate of drug-likeness (QED) is 0.835. The lowest BCUT2D eigenvalue weighted by atomic mass is 10.0. The fraction of sp³-hybridized carbons (Fsp3) is 0.385. The van der Waals surface area contributed by atoms with Crippen LogP contribution in [0.3, 0.4) is 0 Å². The Balaban J connectivity index is 2.74. The molecule has 0 aliphatic rings. The van der Waals surface area contributed by atoms with Crippen molar-refractivity contribution in [1.82, 2.24) is 5.32 Å². The molecule has 17 heavy (non-hydrogen) atoms. The molecule has 92 valence electrons. The van der Waals surface area contributed by atoms with Crippen LogP contribution in [-0.2, 0) is 4.79 Å². The van der Waals surface area contributed by atoms with E-state index < -0.39 is 11.9 Å². The predicted octanol–water partition coefficient (Wildman–Crippen LogP) is 1.75. The van der Waals surface area contributed by atoms with E-state index >= 15 is 0 Å². The van der Waals surface area contributed by atoms with Gasteiger partial charge in [0.15, 0.2) is 0 Å². The average Bonchev–Trinajstić information content (AvgIpc) is 2.25. The maximum absolute atomic E-state index is 11.9. The number of nitrogens with one attached hydrogen (secondary N) is 1. The van der Waals surface area contributed by atoms with E-state index in [0.29, 0.717) is 5.56 Å². The summed E-state index contributed by atoms with van der Waals surface area (Å²) in [5.74, 6) is -1.70. The molecule has 2 N–H and O–H groups in total. The van der Waals surface area contributed by atoms with Gasteiger partial charge in [0, 0.05) is 12.1 Å². The highest BCUT2D eigenvalue weighted by molar-refractivity contribution is 5.97. The molecule has 1 aromatic carbocycles. The molecule has 1 rings (SSSR count). The molecule has 1 aromatic rings. The van der Waals surface area contributed by atoms with Crippen molar-refractivity contribution >= 4 is 11.9 Å². The number of hydrogen-bond donors (Lipinski definition) is 2. The zero-order valence-electron chi connectivity index (χ0n) is 10.3. The largest absolute Gasteiger partial charge is 0.481 e. The summed E-state index contributed by atoms with van der Waals surface area (Å²) in [6.45, 7) is 5.43. The van der Waals surface area contributed by atoms with Crippen molar-refractivity contribution in [2.75, 3.05) is 6.54 Å². The van der Waals surface area contributed by atoms with Gasteiger partial charge in [-0.2, -0.15) is 0 Å². The van der Waals surface area contributed by atoms with E-state index in [4.69, 9.17) is 5.11 Å². The fourth-order valence-electron chi connectivity index (χ4n) is 1.59. The second kappa shape index (κ2) is 5.48. The normalized spacial score (nSPS) is 11.9. The number of carbonyl (C=O) groups is 2. The van der Waals surface area contributed by atoms with Gasteiger partial charge in [-0.15, -0.1) is 0 Å². The SMILES string of the molecule is Cc1cccc(C)c1C(=O)NCC(C)C(=O)O. The van der Waals surface area contributed by atoms with Crippen LogP contribution in [0.25, 0.3) is 0 Å². The lowest BCUT2D eigenvalue weighted by molar-refractivity contribution is -0.140. The predicted molar refractivity (Wildman–Crippen MR) is 65.0 cm³/mol. The molecule has 0 radical (unpaired) electrons. The lowest BCUT2D eigenvalue weighted by Crippen LogP contribution is -2.32. The van der Waals surface area contributed by atoms with Crippen LogP contribution in [0.4, 0.5) is 0 Å². The van der Waals surface area contributed by atoms with Crippen LogP contribution in [0.5, 0.6) is 0 Å². The molecule has 0 aliphatic carbocycles. The summed E-state index contributed by atoms with van der Waals surface area (Å²) in [5.41, 5.74) is 2.42. The van der Waals surface area contributed by atoms with Gasteiger partial charge in [0.1, 0.15) is 0 Å². The summed E-state index contributed by atoms with van der Waals surface area (Å²) in [7, 11) is 0. The molecular formula is C13H17NO3. The Morgan fingerprint density at radius 1 is 1.29 bits per heavy atom. The molecule has 1 amide bonds. The Kier molecular flexibility index (Phi) is 4.26. The van der Waals surface area contributed by atoms with Gasteiger partial charge in [-0.25, -0.2) is 0 Å². The standard InChI is InChI=1S/C13H17NO3/c1-8-5-4-6-9(2)11(8)12(15)14-7-10(3)13(16)17/h4-6,10H,7H2,1-3H3,(H,14,15)(H,16,17). The summed E-state index contributed by atoms with van der Waals surface area (Å²) in [6, 6.07) is 5.62. The highest BCUT2D eigenvalue weighted by atomic mass is 16.4. The highest BCUT2D eigenvalue weighted by Crippen LogP contribution is 2.12. The van der Waals surface area contributed by atoms with Gasteiger partial charge < -0.3 is 10.4 Å². The minimum absolute atomic E-state index is 0.141. The molecule has 4 nitrogen and oxygen atoms in total. The van der Waals surface area contributed by atoms with Crippen LogP contribution in [0.1, 0.15) is 28.4 Å². The summed E-state index contributed by atoms with van der Waals surface area (Å²) >= 11 is 0. The van der Waals surface area contributed by atoms with Crippen molar-refractivity contribution in [2.24, 2.45) is 5.92 Å². The summed E-state index contributed by atoms with van der Waals surface area (Å²) in [4.78, 5) is 22.5. The maximum Gasteiger partial charge on any atom is 0.308 e. The van der Waals surface area contributed by atoms with Crippen LogP contribution >= 0.6 is 0 Å². The van der Waals surface area contributed by atoms with Crippen molar-refractivity contribution in [2.45, 2.75) is 20.8 Å². The Hall–Kier alpha value is -1.84. The minimum atomic E-state index is -0.910. The second-order valence-corrected chi connectivity index (χ2v) is 4.22. The molecule has 0 aromatic heterocycles. The van der Waals surface area contributed by atoms with Crippen LogP contribution < -0.4 is 5.32 Å². The molecule has 0 bridgehead atoms. The molecular weight excluding hydrogens is 218 g/mol. The summed E-state index contributed by atoms with van der Waals surface area (Å²) < 4.78 is 0. The van der Waals surface area contributed by atoms with E-state index in [-0.39, 0.29) is 12.5 Å². The van der Waals surface area contributed by atoms with Crippen molar-refractivity contribution in [1.29, 1.82) is 0 Å². The molecule has 0 heterocycles. The number of rotatable bonds is 4. The number of carboxylic acids is 1. The zero-order valence-corrected chi connectivity index (χ0v) is 10.3. The van der Waals surface area contributed by atoms with E-state index in [2.05, 4.69) is 5.32 Å². The van der Waals surface area contributed by atoms with E-state index in [9.17, 15) is 9.59 Å². The van der Waals surface area contributed by atoms with Gasteiger partial charge in [-0.05, 0) is 25.0 Å². The Labute approximate surface area is 101 Å². The molecule has 1 unspecified atom stereocenters. The number of amides is 1. The number of carboxylic acid groups (broad SMARTS) is 1. The van der Waals surface area contributed by atoms with Crippen molar-refractivity contribution < 1.29 is 14.7 Å². The average molecular weight is 235 g/mol. The highest BCUT2D eigenvalue weighted by Gasteiger charge is 2.15. The van der Waals surface area contributed by atoms with Gasteiger partial charge >= 0.3 is 5.97 Å². The number of hydrogen-bond acceptors (Lipinski definition) is 2. The first-order valence-corrected chi connectivity index (χ1v) is 5.50. The van der Waals surface area contributed by atoms with Crippen LogP contribution in [-0.4, -0.2) is 23.5 Å². The van der Waals surface area contributed by atoms with Gasteiger partial charge in [0.05, 0.1) is 5.92 Å². The molecule has 0 saturated heterocycles. The zero-order chi connectivity index (χ0) is 13.0. The van der Waals surface area contributed by atoms with Crippen molar-refractivity contribution in [3.63, 3.8) is 0 Å². The number of benzene rings is 1. The molecule has 0 spiro atoms. The summed E-state index contributed by atoms with van der Waals surface area (Å²) in [5, 5.41) is 11.4. The number of aliphatic carboxylic acids is 1. The third-order valence-electron chi connectivity index (χ3n) is 2.70. The van der Waals surface area contributed by atoms with Gasteiger partial charge in [-0.1, -0.05) is 25.1 Å². The minimum Gasteiger partial charge on any atom is -0.481 e. The topological polar surface area (TPSA) is 66.4 Å². The number of carbonyl (C=O) groups excluding carboxylic acids is 1. The van der Waals surface area contributed by atoms with E-state index in [1.54, 1.807) is 6.92 Å². The Morgan fingerprint density at radius 2 is 1.82 bits per heavy atom. The fourth-order valence-corrected chi connectivity index (χ4v) is 1.59. The van der Waals surface area contributed by atoms with Crippen LogP contribution in [0.2, 0.25) is 0 Å². The maximum atomic E-state index is 11.9. The Morgan fingerprint density at radius 3 is 2.29 bits per heavy atom. The smallest absolute Gasteiger partial charge is 0.308 e. The monoisotopic (exact) mass is 235 g/mol. The van der Waals surface area contributed by atoms with Gasteiger partial charge in [-0.3, -0.25) is 9.59 Å².